The number of hydrogen-bond acceptors (Lipinski definition) is 5. The minimum absolute atomic E-state index is 0.131. The monoisotopic (exact) mass is 411 g/mol. The molecule has 146 valence electrons. The van der Waals surface area contributed by atoms with Crippen LogP contribution in [0, 0.1) is 6.92 Å². The first-order valence-electron chi connectivity index (χ1n) is 9.68. The molecular formula is C22H25N3OS2. The van der Waals surface area contributed by atoms with E-state index in [2.05, 4.69) is 49.9 Å². The summed E-state index contributed by atoms with van der Waals surface area (Å²) in [5.74, 6) is 0.131. The lowest BCUT2D eigenvalue weighted by Gasteiger charge is -2.34. The number of thioether (sulfide) groups is 1. The average Bonchev–Trinajstić information content (AvgIpc) is 3.13. The zero-order valence-electron chi connectivity index (χ0n) is 16.5. The lowest BCUT2D eigenvalue weighted by molar-refractivity contribution is 0.0746. The molecule has 0 atom stereocenters. The molecule has 1 saturated heterocycles. The van der Waals surface area contributed by atoms with Gasteiger partial charge in [0, 0.05) is 41.9 Å². The number of aromatic nitrogens is 1. The van der Waals surface area contributed by atoms with E-state index in [1.807, 2.05) is 23.1 Å². The molecule has 1 amide bonds. The maximum Gasteiger partial charge on any atom is 0.254 e. The Labute approximate surface area is 174 Å². The van der Waals surface area contributed by atoms with Crippen molar-refractivity contribution < 1.29 is 4.79 Å². The van der Waals surface area contributed by atoms with Gasteiger partial charge in [-0.15, -0.1) is 11.8 Å². The molecule has 0 unspecified atom stereocenters. The summed E-state index contributed by atoms with van der Waals surface area (Å²) in [4.78, 5) is 23.2. The molecule has 0 bridgehead atoms. The van der Waals surface area contributed by atoms with Crippen LogP contribution in [0.25, 0.3) is 10.2 Å². The first kappa shape index (κ1) is 19.3. The van der Waals surface area contributed by atoms with Gasteiger partial charge in [0.15, 0.2) is 5.13 Å². The summed E-state index contributed by atoms with van der Waals surface area (Å²) < 4.78 is 1.23. The predicted molar refractivity (Wildman–Crippen MR) is 120 cm³/mol. The normalized spacial score (nSPS) is 14.9. The molecule has 0 radical (unpaired) electrons. The van der Waals surface area contributed by atoms with Crippen molar-refractivity contribution in [2.75, 3.05) is 31.1 Å². The molecule has 1 aliphatic rings. The smallest absolute Gasteiger partial charge is 0.254 e. The Morgan fingerprint density at radius 2 is 1.86 bits per heavy atom. The van der Waals surface area contributed by atoms with Gasteiger partial charge in [-0.2, -0.15) is 0 Å². The van der Waals surface area contributed by atoms with Crippen LogP contribution < -0.4 is 4.90 Å². The number of nitrogens with zero attached hydrogens (tertiary/aromatic N) is 3. The number of anilines is 1. The van der Waals surface area contributed by atoms with Crippen molar-refractivity contribution in [2.24, 2.45) is 0 Å². The van der Waals surface area contributed by atoms with Gasteiger partial charge < -0.3 is 9.80 Å². The number of thiazole rings is 1. The van der Waals surface area contributed by atoms with E-state index >= 15 is 0 Å². The summed E-state index contributed by atoms with van der Waals surface area (Å²) in [6, 6.07) is 14.3. The van der Waals surface area contributed by atoms with Crippen LogP contribution in [-0.4, -0.2) is 47.2 Å². The Kier molecular flexibility index (Phi) is 5.60. The second kappa shape index (κ2) is 8.13. The molecule has 0 spiro atoms. The highest BCUT2D eigenvalue weighted by molar-refractivity contribution is 7.99. The molecule has 2 heterocycles. The van der Waals surface area contributed by atoms with Crippen LogP contribution in [0.2, 0.25) is 0 Å². The Morgan fingerprint density at radius 3 is 2.57 bits per heavy atom. The summed E-state index contributed by atoms with van der Waals surface area (Å²) in [7, 11) is 0. The molecule has 4 rings (SSSR count). The number of para-hydroxylation sites is 1. The number of amides is 1. The Hall–Kier alpha value is -2.05. The van der Waals surface area contributed by atoms with E-state index in [-0.39, 0.29) is 5.91 Å². The Morgan fingerprint density at radius 1 is 1.11 bits per heavy atom. The van der Waals surface area contributed by atoms with Gasteiger partial charge in [-0.1, -0.05) is 43.4 Å². The number of benzene rings is 2. The molecule has 0 aliphatic carbocycles. The lowest BCUT2D eigenvalue weighted by atomic mass is 10.2. The van der Waals surface area contributed by atoms with Crippen molar-refractivity contribution in [2.45, 2.75) is 30.9 Å². The highest BCUT2D eigenvalue weighted by Gasteiger charge is 2.24. The first-order valence-corrected chi connectivity index (χ1v) is 11.4. The van der Waals surface area contributed by atoms with Crippen LogP contribution >= 0.6 is 23.1 Å². The molecule has 28 heavy (non-hydrogen) atoms. The average molecular weight is 412 g/mol. The van der Waals surface area contributed by atoms with Gasteiger partial charge in [0.1, 0.15) is 0 Å². The largest absolute Gasteiger partial charge is 0.345 e. The van der Waals surface area contributed by atoms with Crippen LogP contribution in [0.1, 0.15) is 29.8 Å². The van der Waals surface area contributed by atoms with Crippen LogP contribution in [0.15, 0.2) is 47.4 Å². The zero-order valence-corrected chi connectivity index (χ0v) is 18.1. The van der Waals surface area contributed by atoms with E-state index in [0.717, 1.165) is 47.3 Å². The maximum atomic E-state index is 13.0. The highest BCUT2D eigenvalue weighted by atomic mass is 32.2. The van der Waals surface area contributed by atoms with Crippen molar-refractivity contribution in [3.63, 3.8) is 0 Å². The van der Waals surface area contributed by atoms with E-state index in [9.17, 15) is 4.79 Å². The molecule has 1 aromatic heterocycles. The Bertz CT molecular complexity index is 990. The second-order valence-corrected chi connectivity index (χ2v) is 10.1. The number of aryl methyl sites for hydroxylation is 1. The molecule has 1 fully saturated rings. The van der Waals surface area contributed by atoms with Crippen molar-refractivity contribution in [3.8, 4) is 0 Å². The fraction of sp³-hybridized carbons (Fsp3) is 0.364. The molecule has 3 aromatic rings. The summed E-state index contributed by atoms with van der Waals surface area (Å²) in [6.45, 7) is 9.55. The molecular weight excluding hydrogens is 386 g/mol. The molecule has 0 saturated carbocycles. The predicted octanol–water partition coefficient (Wildman–Crippen LogP) is 5.07. The standard InChI is InChI=1S/C22H25N3OS2/c1-15(2)27-18-8-5-7-17(14-18)21(26)24-10-12-25(13-11-24)22-23-20-16(3)6-4-9-19(20)28-22/h4-9,14-15H,10-13H2,1-3H3. The Balaban J connectivity index is 1.43. The quantitative estimate of drug-likeness (QED) is 0.562. The number of hydrogen-bond donors (Lipinski definition) is 0. The van der Waals surface area contributed by atoms with E-state index in [1.54, 1.807) is 23.1 Å². The molecule has 2 aromatic carbocycles. The summed E-state index contributed by atoms with van der Waals surface area (Å²) >= 11 is 3.53. The third-order valence-corrected chi connectivity index (χ3v) is 6.98. The molecule has 4 nitrogen and oxygen atoms in total. The van der Waals surface area contributed by atoms with E-state index in [0.29, 0.717) is 5.25 Å². The van der Waals surface area contributed by atoms with Crippen LogP contribution in [0.5, 0.6) is 0 Å². The van der Waals surface area contributed by atoms with Gasteiger partial charge >= 0.3 is 0 Å². The summed E-state index contributed by atoms with van der Waals surface area (Å²) in [6.07, 6.45) is 0. The fourth-order valence-electron chi connectivity index (χ4n) is 3.47. The third-order valence-electron chi connectivity index (χ3n) is 4.90. The summed E-state index contributed by atoms with van der Waals surface area (Å²) in [5, 5.41) is 1.57. The van der Waals surface area contributed by atoms with Gasteiger partial charge in [0.2, 0.25) is 0 Å². The fourth-order valence-corrected chi connectivity index (χ4v) is 5.46. The van der Waals surface area contributed by atoms with Gasteiger partial charge in [-0.3, -0.25) is 4.79 Å². The van der Waals surface area contributed by atoms with Crippen molar-refractivity contribution in [1.29, 1.82) is 0 Å². The molecule has 0 N–H and O–H groups in total. The van der Waals surface area contributed by atoms with Gasteiger partial charge in [0.25, 0.3) is 5.91 Å². The SMILES string of the molecule is Cc1cccc2sc(N3CCN(C(=O)c4cccc(SC(C)C)c4)CC3)nc12. The lowest BCUT2D eigenvalue weighted by Crippen LogP contribution is -2.48. The van der Waals surface area contributed by atoms with Gasteiger partial charge in [0.05, 0.1) is 10.2 Å². The van der Waals surface area contributed by atoms with Crippen molar-refractivity contribution in [1.82, 2.24) is 9.88 Å². The minimum atomic E-state index is 0.131. The van der Waals surface area contributed by atoms with E-state index in [4.69, 9.17) is 4.98 Å². The van der Waals surface area contributed by atoms with Crippen LogP contribution in [0.4, 0.5) is 5.13 Å². The number of carbonyl (C=O) groups is 1. The molecule has 6 heteroatoms. The van der Waals surface area contributed by atoms with Gasteiger partial charge in [-0.25, -0.2) is 4.98 Å². The van der Waals surface area contributed by atoms with E-state index in [1.165, 1.54) is 10.3 Å². The number of carbonyl (C=O) groups excluding carboxylic acids is 1. The van der Waals surface area contributed by atoms with Crippen molar-refractivity contribution in [3.05, 3.63) is 53.6 Å². The highest BCUT2D eigenvalue weighted by Crippen LogP contribution is 2.31. The third kappa shape index (κ3) is 4.03. The summed E-state index contributed by atoms with van der Waals surface area (Å²) in [5.41, 5.74) is 3.10. The number of rotatable bonds is 4. The maximum absolute atomic E-state index is 13.0. The molecule has 1 aliphatic heterocycles. The van der Waals surface area contributed by atoms with E-state index < -0.39 is 0 Å². The first-order chi connectivity index (χ1) is 13.5. The van der Waals surface area contributed by atoms with Crippen LogP contribution in [0.3, 0.4) is 0 Å². The number of fused-ring (bicyclic) bond motifs is 1. The zero-order chi connectivity index (χ0) is 19.7. The second-order valence-electron chi connectivity index (χ2n) is 7.39. The topological polar surface area (TPSA) is 36.4 Å². The van der Waals surface area contributed by atoms with Crippen LogP contribution in [-0.2, 0) is 0 Å². The minimum Gasteiger partial charge on any atom is -0.345 e. The van der Waals surface area contributed by atoms with Crippen molar-refractivity contribution >= 4 is 44.4 Å². The number of piperazine rings is 1. The van der Waals surface area contributed by atoms with Gasteiger partial charge in [-0.05, 0) is 36.8 Å².